The van der Waals surface area contributed by atoms with Crippen LogP contribution in [0.3, 0.4) is 0 Å². The van der Waals surface area contributed by atoms with E-state index in [-0.39, 0.29) is 0 Å². The van der Waals surface area contributed by atoms with Crippen molar-refractivity contribution in [3.8, 4) is 0 Å². The predicted octanol–water partition coefficient (Wildman–Crippen LogP) is 3.66. The van der Waals surface area contributed by atoms with Gasteiger partial charge >= 0.3 is 0 Å². The summed E-state index contributed by atoms with van der Waals surface area (Å²) in [5, 5.41) is 0. The van der Waals surface area contributed by atoms with E-state index in [0.29, 0.717) is 6.10 Å². The molecule has 1 aliphatic heterocycles. The number of benzene rings is 1. The molecule has 1 aromatic rings. The van der Waals surface area contributed by atoms with E-state index in [1.54, 1.807) is 0 Å². The van der Waals surface area contributed by atoms with Crippen LogP contribution >= 0.6 is 0 Å². The lowest BCUT2D eigenvalue weighted by molar-refractivity contribution is -0.126. The lowest BCUT2D eigenvalue weighted by Gasteiger charge is -2.47. The summed E-state index contributed by atoms with van der Waals surface area (Å²) in [4.78, 5) is 0. The third-order valence-electron chi connectivity index (χ3n) is 4.54. The second kappa shape index (κ2) is 4.45. The van der Waals surface area contributed by atoms with Crippen LogP contribution in [0.2, 0.25) is 0 Å². The van der Waals surface area contributed by atoms with Crippen molar-refractivity contribution in [1.82, 2.24) is 0 Å². The molecule has 0 spiro atoms. The van der Waals surface area contributed by atoms with Crippen LogP contribution in [0.5, 0.6) is 0 Å². The van der Waals surface area contributed by atoms with Crippen molar-refractivity contribution in [3.05, 3.63) is 34.9 Å². The van der Waals surface area contributed by atoms with E-state index < -0.39 is 0 Å². The van der Waals surface area contributed by atoms with Crippen LogP contribution in [0, 0.1) is 25.7 Å². The lowest BCUT2D eigenvalue weighted by atomic mass is 9.66. The number of rotatable bonds is 2. The van der Waals surface area contributed by atoms with Crippen LogP contribution in [0.4, 0.5) is 0 Å². The molecule has 1 aliphatic carbocycles. The summed E-state index contributed by atoms with van der Waals surface area (Å²) in [6.07, 6.45) is 5.85. The molecule has 2 fully saturated rings. The topological polar surface area (TPSA) is 9.23 Å². The zero-order valence-electron chi connectivity index (χ0n) is 10.9. The number of hydrogen-bond donors (Lipinski definition) is 0. The zero-order valence-corrected chi connectivity index (χ0v) is 10.9. The van der Waals surface area contributed by atoms with Gasteiger partial charge in [0.05, 0.1) is 6.10 Å². The quantitative estimate of drug-likeness (QED) is 0.753. The molecule has 3 atom stereocenters. The molecule has 3 rings (SSSR count). The third kappa shape index (κ3) is 2.13. The molecule has 1 aromatic carbocycles. The van der Waals surface area contributed by atoms with Crippen molar-refractivity contribution in [2.75, 3.05) is 6.61 Å². The van der Waals surface area contributed by atoms with E-state index in [4.69, 9.17) is 4.74 Å². The Labute approximate surface area is 104 Å². The summed E-state index contributed by atoms with van der Waals surface area (Å²) in [6.45, 7) is 5.39. The minimum absolute atomic E-state index is 0.574. The molecule has 0 amide bonds. The maximum Gasteiger partial charge on any atom is 0.0634 e. The highest BCUT2D eigenvalue weighted by Crippen LogP contribution is 2.44. The van der Waals surface area contributed by atoms with E-state index in [1.165, 1.54) is 42.4 Å². The van der Waals surface area contributed by atoms with E-state index in [0.717, 1.165) is 18.4 Å². The first-order valence-electron chi connectivity index (χ1n) is 6.92. The van der Waals surface area contributed by atoms with Gasteiger partial charge in [0.15, 0.2) is 0 Å². The van der Waals surface area contributed by atoms with Crippen LogP contribution < -0.4 is 0 Å². The average Bonchev–Trinajstić information content (AvgIpc) is 2.28. The summed E-state index contributed by atoms with van der Waals surface area (Å²) >= 11 is 0. The van der Waals surface area contributed by atoms with Crippen molar-refractivity contribution in [3.63, 3.8) is 0 Å². The number of ether oxygens (including phenoxy) is 1. The monoisotopic (exact) mass is 230 g/mol. The van der Waals surface area contributed by atoms with E-state index >= 15 is 0 Å². The van der Waals surface area contributed by atoms with Gasteiger partial charge in [-0.1, -0.05) is 23.8 Å². The number of aryl methyl sites for hydroxylation is 2. The number of fused-ring (bicyclic) bond motifs is 1. The Morgan fingerprint density at radius 2 is 2.18 bits per heavy atom. The highest BCUT2D eigenvalue weighted by atomic mass is 16.5. The predicted molar refractivity (Wildman–Crippen MR) is 70.2 cm³/mol. The van der Waals surface area contributed by atoms with Crippen molar-refractivity contribution in [2.45, 2.75) is 45.6 Å². The maximum absolute atomic E-state index is 5.93. The van der Waals surface area contributed by atoms with Crippen molar-refractivity contribution >= 4 is 0 Å². The average molecular weight is 230 g/mol. The first kappa shape index (κ1) is 11.3. The first-order valence-corrected chi connectivity index (χ1v) is 6.92. The Hall–Kier alpha value is -0.820. The van der Waals surface area contributed by atoms with Crippen LogP contribution in [-0.4, -0.2) is 12.7 Å². The second-order valence-electron chi connectivity index (χ2n) is 5.87. The van der Waals surface area contributed by atoms with Crippen molar-refractivity contribution < 1.29 is 4.74 Å². The van der Waals surface area contributed by atoms with Crippen LogP contribution in [0.1, 0.15) is 36.0 Å². The maximum atomic E-state index is 5.93. The largest absolute Gasteiger partial charge is 0.378 e. The molecule has 1 heterocycles. The van der Waals surface area contributed by atoms with Gasteiger partial charge in [-0.25, -0.2) is 0 Å². The van der Waals surface area contributed by atoms with Gasteiger partial charge in [0.2, 0.25) is 0 Å². The first-order chi connectivity index (χ1) is 8.24. The summed E-state index contributed by atoms with van der Waals surface area (Å²) in [5.41, 5.74) is 4.34. The lowest BCUT2D eigenvalue weighted by Crippen LogP contribution is -2.47. The molecular weight excluding hydrogens is 208 g/mol. The van der Waals surface area contributed by atoms with Gasteiger partial charge in [0.25, 0.3) is 0 Å². The highest BCUT2D eigenvalue weighted by Gasteiger charge is 2.42. The molecule has 0 bridgehead atoms. The van der Waals surface area contributed by atoms with Crippen LogP contribution in [0.25, 0.3) is 0 Å². The minimum Gasteiger partial charge on any atom is -0.378 e. The summed E-state index contributed by atoms with van der Waals surface area (Å²) < 4.78 is 5.93. The third-order valence-corrected chi connectivity index (χ3v) is 4.54. The van der Waals surface area contributed by atoms with E-state index in [9.17, 15) is 0 Å². The Bertz CT molecular complexity index is 410. The normalized spacial score (nSPS) is 31.8. The Balaban J connectivity index is 1.67. The van der Waals surface area contributed by atoms with Gasteiger partial charge in [0, 0.05) is 6.61 Å². The number of hydrogen-bond acceptors (Lipinski definition) is 1. The molecule has 92 valence electrons. The van der Waals surface area contributed by atoms with Gasteiger partial charge in [0.1, 0.15) is 0 Å². The fourth-order valence-electron chi connectivity index (χ4n) is 3.52. The molecule has 1 nitrogen and oxygen atoms in total. The second-order valence-corrected chi connectivity index (χ2v) is 5.87. The molecule has 1 saturated carbocycles. The van der Waals surface area contributed by atoms with Gasteiger partial charge in [-0.2, -0.15) is 0 Å². The Morgan fingerprint density at radius 3 is 2.94 bits per heavy atom. The zero-order chi connectivity index (χ0) is 11.8. The molecular formula is C16H22O. The molecule has 1 heteroatoms. The van der Waals surface area contributed by atoms with Gasteiger partial charge in [-0.05, 0) is 62.5 Å². The van der Waals surface area contributed by atoms with E-state index in [2.05, 4.69) is 32.0 Å². The van der Waals surface area contributed by atoms with Gasteiger partial charge in [-0.15, -0.1) is 0 Å². The fraction of sp³-hybridized carbons (Fsp3) is 0.625. The standard InChI is InChI=1S/C16H22O/c1-11-5-6-13(12(2)8-11)9-15-10-14-4-3-7-17-16(14)15/h5-6,8,14-16H,3-4,7,9-10H2,1-2H3/t14-,15-,16-/m1/s1. The summed E-state index contributed by atoms with van der Waals surface area (Å²) in [6, 6.07) is 6.84. The Morgan fingerprint density at radius 1 is 1.29 bits per heavy atom. The molecule has 17 heavy (non-hydrogen) atoms. The smallest absolute Gasteiger partial charge is 0.0634 e. The fourth-order valence-corrected chi connectivity index (χ4v) is 3.52. The molecule has 0 radical (unpaired) electrons. The van der Waals surface area contributed by atoms with E-state index in [1.807, 2.05) is 0 Å². The summed E-state index contributed by atoms with van der Waals surface area (Å²) in [7, 11) is 0. The van der Waals surface area contributed by atoms with Crippen LogP contribution in [-0.2, 0) is 11.2 Å². The molecule has 0 aromatic heterocycles. The van der Waals surface area contributed by atoms with Crippen molar-refractivity contribution in [1.29, 1.82) is 0 Å². The SMILES string of the molecule is Cc1ccc(C[C@@H]2C[C@H]3CCCO[C@H]32)c(C)c1. The highest BCUT2D eigenvalue weighted by molar-refractivity contribution is 5.31. The van der Waals surface area contributed by atoms with Crippen molar-refractivity contribution in [2.24, 2.45) is 11.8 Å². The minimum atomic E-state index is 0.574. The van der Waals surface area contributed by atoms with Gasteiger partial charge < -0.3 is 4.74 Å². The molecule has 2 aliphatic rings. The summed E-state index contributed by atoms with van der Waals surface area (Å²) in [5.74, 6) is 1.65. The van der Waals surface area contributed by atoms with Gasteiger partial charge in [-0.3, -0.25) is 0 Å². The van der Waals surface area contributed by atoms with Crippen LogP contribution in [0.15, 0.2) is 18.2 Å². The molecule has 1 saturated heterocycles. The Kier molecular flexibility index (Phi) is 2.96. The molecule has 0 N–H and O–H groups in total. The molecule has 0 unspecified atom stereocenters.